The van der Waals surface area contributed by atoms with E-state index in [2.05, 4.69) is 50.4 Å². The predicted octanol–water partition coefficient (Wildman–Crippen LogP) is 3.36. The fourth-order valence-corrected chi connectivity index (χ4v) is 3.37. The van der Waals surface area contributed by atoms with Gasteiger partial charge >= 0.3 is 0 Å². The second-order valence-corrected chi connectivity index (χ2v) is 8.44. The third-order valence-corrected chi connectivity index (χ3v) is 5.25. The summed E-state index contributed by atoms with van der Waals surface area (Å²) in [5, 5.41) is 3.36. The van der Waals surface area contributed by atoms with Gasteiger partial charge in [0.25, 0.3) is 0 Å². The number of nitrogens with one attached hydrogen (secondary N) is 1. The van der Waals surface area contributed by atoms with E-state index in [4.69, 9.17) is 0 Å². The number of benzene rings is 1. The maximum atomic E-state index is 11.9. The maximum Gasteiger partial charge on any atom is 0.151 e. The van der Waals surface area contributed by atoms with Crippen molar-refractivity contribution >= 4 is 9.84 Å². The van der Waals surface area contributed by atoms with E-state index in [9.17, 15) is 8.42 Å². The maximum absolute atomic E-state index is 11.9. The predicted molar refractivity (Wildman–Crippen MR) is 90.3 cm³/mol. The normalized spacial score (nSPS) is 13.6. The Morgan fingerprint density at radius 3 is 2.19 bits per heavy atom. The first-order chi connectivity index (χ1) is 9.88. The number of hydrogen-bond acceptors (Lipinski definition) is 3. The molecule has 1 rings (SSSR count). The van der Waals surface area contributed by atoms with Gasteiger partial charge in [0.05, 0.1) is 5.75 Å². The van der Waals surface area contributed by atoms with Gasteiger partial charge in [-0.3, -0.25) is 0 Å². The molecule has 3 nitrogen and oxygen atoms in total. The number of rotatable bonds is 9. The van der Waals surface area contributed by atoms with Gasteiger partial charge in [0.15, 0.2) is 9.84 Å². The van der Waals surface area contributed by atoms with Gasteiger partial charge in [0.1, 0.15) is 0 Å². The molecule has 21 heavy (non-hydrogen) atoms. The van der Waals surface area contributed by atoms with Crippen LogP contribution in [0.3, 0.4) is 0 Å². The van der Waals surface area contributed by atoms with Crippen molar-refractivity contribution in [2.45, 2.75) is 46.6 Å². The lowest BCUT2D eigenvalue weighted by molar-refractivity contribution is 0.546. The summed E-state index contributed by atoms with van der Waals surface area (Å²) in [4.78, 5) is 0. The minimum absolute atomic E-state index is 0.108. The van der Waals surface area contributed by atoms with Gasteiger partial charge in [-0.1, -0.05) is 52.0 Å². The van der Waals surface area contributed by atoms with E-state index in [1.165, 1.54) is 5.56 Å². The van der Waals surface area contributed by atoms with Crippen molar-refractivity contribution in [2.75, 3.05) is 18.1 Å². The molecule has 0 aromatic heterocycles. The summed E-state index contributed by atoms with van der Waals surface area (Å²) in [7, 11) is -2.99. The molecule has 0 aliphatic rings. The molecule has 0 saturated heterocycles. The van der Waals surface area contributed by atoms with Crippen molar-refractivity contribution in [3.63, 3.8) is 0 Å². The third-order valence-electron chi connectivity index (χ3n) is 3.53. The van der Waals surface area contributed by atoms with Crippen LogP contribution in [0.4, 0.5) is 0 Å². The Balaban J connectivity index is 2.87. The van der Waals surface area contributed by atoms with Gasteiger partial charge in [0.2, 0.25) is 0 Å². The smallest absolute Gasteiger partial charge is 0.151 e. The lowest BCUT2D eigenvalue weighted by Gasteiger charge is -2.19. The Labute approximate surface area is 130 Å². The first-order valence-electron chi connectivity index (χ1n) is 7.90. The van der Waals surface area contributed by atoms with Crippen LogP contribution in [0.5, 0.6) is 0 Å². The lowest BCUT2D eigenvalue weighted by Crippen LogP contribution is -2.29. The average molecular weight is 311 g/mol. The monoisotopic (exact) mass is 311 g/mol. The van der Waals surface area contributed by atoms with Crippen LogP contribution in [-0.4, -0.2) is 26.5 Å². The molecule has 1 aromatic rings. The molecule has 0 bridgehead atoms. The highest BCUT2D eigenvalue weighted by Gasteiger charge is 2.18. The first-order valence-corrected chi connectivity index (χ1v) is 9.72. The largest absolute Gasteiger partial charge is 0.309 e. The zero-order valence-electron chi connectivity index (χ0n) is 13.7. The van der Waals surface area contributed by atoms with Crippen molar-refractivity contribution < 1.29 is 8.42 Å². The molecule has 0 aliphatic heterocycles. The second-order valence-electron chi connectivity index (χ2n) is 6.05. The van der Waals surface area contributed by atoms with Gasteiger partial charge in [-0.2, -0.15) is 0 Å². The quantitative estimate of drug-likeness (QED) is 0.760. The molecule has 0 radical (unpaired) electrons. The molecular weight excluding hydrogens is 282 g/mol. The second kappa shape index (κ2) is 8.54. The Morgan fingerprint density at radius 2 is 1.71 bits per heavy atom. The Kier molecular flexibility index (Phi) is 7.40. The SMILES string of the molecule is CCCNC(CS(=O)(=O)CC)c1ccc(CC(C)C)cc1. The zero-order chi connectivity index (χ0) is 15.9. The lowest BCUT2D eigenvalue weighted by atomic mass is 10.00. The van der Waals surface area contributed by atoms with E-state index in [-0.39, 0.29) is 17.5 Å². The molecule has 0 spiro atoms. The molecule has 1 atom stereocenters. The van der Waals surface area contributed by atoms with Gasteiger partial charge in [-0.05, 0) is 36.4 Å². The molecule has 1 N–H and O–H groups in total. The van der Waals surface area contributed by atoms with Crippen LogP contribution in [0, 0.1) is 5.92 Å². The standard InChI is InChI=1S/C17H29NO2S/c1-5-11-18-17(13-21(19,20)6-2)16-9-7-15(8-10-16)12-14(3)4/h7-10,14,17-18H,5-6,11-13H2,1-4H3. The van der Waals surface area contributed by atoms with Crippen molar-refractivity contribution in [3.8, 4) is 0 Å². The van der Waals surface area contributed by atoms with E-state index >= 15 is 0 Å². The molecule has 1 unspecified atom stereocenters. The van der Waals surface area contributed by atoms with Crippen LogP contribution in [-0.2, 0) is 16.3 Å². The van der Waals surface area contributed by atoms with Gasteiger partial charge in [-0.15, -0.1) is 0 Å². The van der Waals surface area contributed by atoms with Crippen molar-refractivity contribution in [2.24, 2.45) is 5.92 Å². The van der Waals surface area contributed by atoms with Gasteiger partial charge < -0.3 is 5.32 Å². The highest BCUT2D eigenvalue weighted by atomic mass is 32.2. The zero-order valence-corrected chi connectivity index (χ0v) is 14.5. The first kappa shape index (κ1) is 18.2. The summed E-state index contributed by atoms with van der Waals surface area (Å²) in [5.41, 5.74) is 2.37. The molecule has 0 fully saturated rings. The summed E-state index contributed by atoms with van der Waals surface area (Å²) < 4.78 is 23.8. The van der Waals surface area contributed by atoms with Crippen molar-refractivity contribution in [3.05, 3.63) is 35.4 Å². The summed E-state index contributed by atoms with van der Waals surface area (Å²) >= 11 is 0. The number of sulfone groups is 1. The van der Waals surface area contributed by atoms with Crippen LogP contribution < -0.4 is 5.32 Å². The van der Waals surface area contributed by atoms with Crippen LogP contribution in [0.15, 0.2) is 24.3 Å². The Bertz CT molecular complexity index is 506. The van der Waals surface area contributed by atoms with E-state index in [0.717, 1.165) is 24.9 Å². The van der Waals surface area contributed by atoms with Crippen molar-refractivity contribution in [1.82, 2.24) is 5.32 Å². The van der Waals surface area contributed by atoms with E-state index in [1.807, 2.05) is 0 Å². The molecule has 4 heteroatoms. The molecular formula is C17H29NO2S. The Hall–Kier alpha value is -0.870. The van der Waals surface area contributed by atoms with E-state index < -0.39 is 9.84 Å². The minimum atomic E-state index is -2.99. The van der Waals surface area contributed by atoms with Crippen LogP contribution in [0.25, 0.3) is 0 Å². The minimum Gasteiger partial charge on any atom is -0.309 e. The van der Waals surface area contributed by atoms with Crippen LogP contribution in [0.2, 0.25) is 0 Å². The molecule has 0 saturated carbocycles. The van der Waals surface area contributed by atoms with E-state index in [0.29, 0.717) is 5.92 Å². The van der Waals surface area contributed by atoms with Crippen molar-refractivity contribution in [1.29, 1.82) is 0 Å². The molecule has 0 amide bonds. The average Bonchev–Trinajstić information content (AvgIpc) is 2.43. The summed E-state index contributed by atoms with van der Waals surface area (Å²) in [5.74, 6) is 1.00. The van der Waals surface area contributed by atoms with Crippen LogP contribution >= 0.6 is 0 Å². The molecule has 0 heterocycles. The van der Waals surface area contributed by atoms with Crippen LogP contribution in [0.1, 0.15) is 51.3 Å². The summed E-state index contributed by atoms with van der Waals surface area (Å²) in [6, 6.07) is 8.26. The molecule has 0 aliphatic carbocycles. The number of hydrogen-bond donors (Lipinski definition) is 1. The highest BCUT2D eigenvalue weighted by molar-refractivity contribution is 7.91. The topological polar surface area (TPSA) is 46.2 Å². The summed E-state index contributed by atoms with van der Waals surface area (Å²) in [6.45, 7) is 9.03. The molecule has 120 valence electrons. The van der Waals surface area contributed by atoms with Gasteiger partial charge in [0, 0.05) is 11.8 Å². The fraction of sp³-hybridized carbons (Fsp3) is 0.647. The Morgan fingerprint density at radius 1 is 1.10 bits per heavy atom. The highest BCUT2D eigenvalue weighted by Crippen LogP contribution is 2.18. The summed E-state index contributed by atoms with van der Waals surface area (Å²) in [6.07, 6.45) is 2.05. The molecule has 1 aromatic carbocycles. The third kappa shape index (κ3) is 6.62. The fourth-order valence-electron chi connectivity index (χ4n) is 2.32. The van der Waals surface area contributed by atoms with E-state index in [1.54, 1.807) is 6.92 Å². The van der Waals surface area contributed by atoms with Gasteiger partial charge in [-0.25, -0.2) is 8.42 Å².